The molecule has 0 radical (unpaired) electrons. The molecule has 5 rings (SSSR count). The van der Waals surface area contributed by atoms with E-state index in [1.165, 1.54) is 11.1 Å². The lowest BCUT2D eigenvalue weighted by Gasteiger charge is -2.30. The van der Waals surface area contributed by atoms with E-state index in [9.17, 15) is 4.79 Å². The number of benzene rings is 1. The lowest BCUT2D eigenvalue weighted by Crippen LogP contribution is -2.32. The van der Waals surface area contributed by atoms with Crippen molar-refractivity contribution in [3.63, 3.8) is 0 Å². The van der Waals surface area contributed by atoms with Crippen molar-refractivity contribution in [1.29, 1.82) is 0 Å². The molecule has 3 aromatic rings. The molecular weight excluding hydrogens is 546 g/mol. The van der Waals surface area contributed by atoms with Crippen molar-refractivity contribution in [3.05, 3.63) is 65.2 Å². The number of amides is 1. The van der Waals surface area contributed by atoms with Gasteiger partial charge in [0.1, 0.15) is 17.3 Å². The number of hydrogen-bond acceptors (Lipinski definition) is 5. The minimum Gasteiger partial charge on any atom is -0.496 e. The van der Waals surface area contributed by atoms with Crippen molar-refractivity contribution in [3.8, 4) is 17.0 Å². The van der Waals surface area contributed by atoms with E-state index in [0.717, 1.165) is 79.5 Å². The van der Waals surface area contributed by atoms with Gasteiger partial charge in [0.15, 0.2) is 0 Å². The summed E-state index contributed by atoms with van der Waals surface area (Å²) in [6.07, 6.45) is 10.6. The number of likely N-dealkylation sites (tertiary alicyclic amines) is 1. The number of carbonyl (C=O) groups excluding carboxylic acids is 1. The Morgan fingerprint density at radius 1 is 1.00 bits per heavy atom. The van der Waals surface area contributed by atoms with E-state index in [1.807, 2.05) is 6.33 Å². The van der Waals surface area contributed by atoms with Crippen molar-refractivity contribution in [2.24, 2.45) is 0 Å². The summed E-state index contributed by atoms with van der Waals surface area (Å²) >= 11 is 0. The van der Waals surface area contributed by atoms with Crippen molar-refractivity contribution in [1.82, 2.24) is 19.4 Å². The molecular formula is C37H51N5O2. The number of aromatic nitrogens is 3. The van der Waals surface area contributed by atoms with E-state index < -0.39 is 0 Å². The van der Waals surface area contributed by atoms with E-state index >= 15 is 0 Å². The third-order valence-corrected chi connectivity index (χ3v) is 9.15. The number of rotatable bonds is 6. The Kier molecular flexibility index (Phi) is 9.24. The van der Waals surface area contributed by atoms with Crippen LogP contribution in [0.5, 0.6) is 5.75 Å². The molecule has 44 heavy (non-hydrogen) atoms. The Hall–Kier alpha value is -3.61. The van der Waals surface area contributed by atoms with Gasteiger partial charge in [-0.2, -0.15) is 0 Å². The van der Waals surface area contributed by atoms with Gasteiger partial charge < -0.3 is 19.1 Å². The van der Waals surface area contributed by atoms with Gasteiger partial charge >= 0.3 is 0 Å². The standard InChI is InChI=1S/C37H51N5O2/c1-36(2,3)28-23-27(24-29(34(28)44-8)37(4,5)6)31-16-11-15-30(39-31)26-13-12-20-41(21-17-26)33(43)18-22-42-25-38-32-14-9-10-19-40(7)35(32)42/h9,11,14-16,23-26H,10,12-13,17-22H2,1-8H3. The number of imidazole rings is 1. The van der Waals surface area contributed by atoms with Crippen LogP contribution in [0.15, 0.2) is 42.7 Å². The average molecular weight is 598 g/mol. The third-order valence-electron chi connectivity index (χ3n) is 9.15. The second-order valence-corrected chi connectivity index (χ2v) is 14.6. The maximum absolute atomic E-state index is 13.4. The molecule has 2 aliphatic heterocycles. The second kappa shape index (κ2) is 12.8. The molecule has 7 heteroatoms. The number of methoxy groups -OCH3 is 1. The highest BCUT2D eigenvalue weighted by Gasteiger charge is 2.29. The summed E-state index contributed by atoms with van der Waals surface area (Å²) in [5.41, 5.74) is 6.51. The number of hydrogen-bond donors (Lipinski definition) is 0. The van der Waals surface area contributed by atoms with E-state index in [0.29, 0.717) is 18.9 Å². The summed E-state index contributed by atoms with van der Waals surface area (Å²) in [6, 6.07) is 11.0. The Morgan fingerprint density at radius 3 is 2.41 bits per heavy atom. The van der Waals surface area contributed by atoms with Gasteiger partial charge in [0.05, 0.1) is 19.1 Å². The topological polar surface area (TPSA) is 63.5 Å². The number of nitrogens with zero attached hydrogens (tertiary/aromatic N) is 5. The maximum Gasteiger partial charge on any atom is 0.224 e. The zero-order chi connectivity index (χ0) is 31.6. The van der Waals surface area contributed by atoms with E-state index in [1.54, 1.807) is 7.11 Å². The van der Waals surface area contributed by atoms with Gasteiger partial charge in [-0.1, -0.05) is 53.7 Å². The fraction of sp³-hybridized carbons (Fsp3) is 0.541. The first-order valence-corrected chi connectivity index (χ1v) is 16.3. The number of aryl methyl sites for hydroxylation is 1. The van der Waals surface area contributed by atoms with Crippen LogP contribution in [0.4, 0.5) is 5.82 Å². The maximum atomic E-state index is 13.4. The molecule has 1 atom stereocenters. The van der Waals surface area contributed by atoms with Crippen LogP contribution in [0, 0.1) is 0 Å². The van der Waals surface area contributed by atoms with Gasteiger partial charge in [-0.05, 0) is 66.9 Å². The SMILES string of the molecule is COc1c(C(C)(C)C)cc(-c2cccc(C3CCCN(C(=O)CCn4cnc5c4N(C)CCC=C5)CC3)n2)cc1C(C)(C)C. The van der Waals surface area contributed by atoms with Crippen molar-refractivity contribution >= 4 is 17.8 Å². The van der Waals surface area contributed by atoms with Crippen LogP contribution >= 0.6 is 0 Å². The Labute approximate surface area is 264 Å². The molecule has 0 aliphatic carbocycles. The van der Waals surface area contributed by atoms with Gasteiger partial charge in [-0.25, -0.2) is 4.98 Å². The third kappa shape index (κ3) is 6.87. The smallest absolute Gasteiger partial charge is 0.224 e. The van der Waals surface area contributed by atoms with Gasteiger partial charge in [-0.3, -0.25) is 9.78 Å². The molecule has 236 valence electrons. The minimum absolute atomic E-state index is 0.0697. The molecule has 4 heterocycles. The first kappa shape index (κ1) is 31.8. The predicted molar refractivity (Wildman–Crippen MR) is 181 cm³/mol. The molecule has 1 amide bonds. The predicted octanol–water partition coefficient (Wildman–Crippen LogP) is 7.59. The number of pyridine rings is 1. The van der Waals surface area contributed by atoms with Gasteiger partial charge in [0, 0.05) is 67.9 Å². The van der Waals surface area contributed by atoms with Gasteiger partial charge in [0.2, 0.25) is 5.91 Å². The average Bonchev–Trinajstić information content (AvgIpc) is 3.11. The summed E-state index contributed by atoms with van der Waals surface area (Å²) in [5, 5.41) is 0. The summed E-state index contributed by atoms with van der Waals surface area (Å²) in [7, 11) is 3.88. The van der Waals surface area contributed by atoms with Crippen LogP contribution < -0.4 is 9.64 Å². The molecule has 1 fully saturated rings. The number of anilines is 1. The van der Waals surface area contributed by atoms with Crippen LogP contribution in [-0.4, -0.2) is 59.1 Å². The van der Waals surface area contributed by atoms with Crippen LogP contribution in [0.1, 0.15) is 102 Å². The van der Waals surface area contributed by atoms with Crippen molar-refractivity contribution < 1.29 is 9.53 Å². The van der Waals surface area contributed by atoms with Crippen LogP contribution in [0.25, 0.3) is 17.3 Å². The molecule has 2 aliphatic rings. The normalized spacial score (nSPS) is 17.7. The zero-order valence-electron chi connectivity index (χ0n) is 28.1. The first-order valence-electron chi connectivity index (χ1n) is 16.3. The highest BCUT2D eigenvalue weighted by Crippen LogP contribution is 2.42. The molecule has 0 saturated carbocycles. The zero-order valence-corrected chi connectivity index (χ0v) is 28.1. The molecule has 2 aromatic heterocycles. The molecule has 1 unspecified atom stereocenters. The van der Waals surface area contributed by atoms with Crippen LogP contribution in [0.3, 0.4) is 0 Å². The molecule has 0 bridgehead atoms. The Morgan fingerprint density at radius 2 is 1.73 bits per heavy atom. The molecule has 0 N–H and O–H groups in total. The lowest BCUT2D eigenvalue weighted by atomic mass is 9.78. The van der Waals surface area contributed by atoms with Crippen molar-refractivity contribution in [2.75, 3.05) is 38.7 Å². The molecule has 0 spiro atoms. The monoisotopic (exact) mass is 597 g/mol. The van der Waals surface area contributed by atoms with E-state index in [-0.39, 0.29) is 16.7 Å². The second-order valence-electron chi connectivity index (χ2n) is 14.6. The van der Waals surface area contributed by atoms with E-state index in [4.69, 9.17) is 9.72 Å². The number of ether oxygens (including phenoxy) is 1. The Bertz CT molecular complexity index is 1470. The van der Waals surface area contributed by atoms with Gasteiger partial charge in [0.25, 0.3) is 0 Å². The summed E-state index contributed by atoms with van der Waals surface area (Å²) < 4.78 is 8.13. The number of fused-ring (bicyclic) bond motifs is 1. The van der Waals surface area contributed by atoms with Crippen LogP contribution in [0.2, 0.25) is 0 Å². The van der Waals surface area contributed by atoms with E-state index in [2.05, 4.69) is 110 Å². The largest absolute Gasteiger partial charge is 0.496 e. The molecule has 7 nitrogen and oxygen atoms in total. The quantitative estimate of drug-likeness (QED) is 0.293. The Balaban J connectivity index is 1.30. The minimum atomic E-state index is -0.0697. The fourth-order valence-electron chi connectivity index (χ4n) is 6.62. The highest BCUT2D eigenvalue weighted by atomic mass is 16.5. The summed E-state index contributed by atoms with van der Waals surface area (Å²) in [5.74, 6) is 2.64. The first-order chi connectivity index (χ1) is 20.9. The molecule has 1 saturated heterocycles. The summed E-state index contributed by atoms with van der Waals surface area (Å²) in [4.78, 5) is 27.5. The summed E-state index contributed by atoms with van der Waals surface area (Å²) in [6.45, 7) is 16.6. The van der Waals surface area contributed by atoms with Crippen molar-refractivity contribution in [2.45, 2.75) is 96.9 Å². The number of carbonyl (C=O) groups is 1. The lowest BCUT2D eigenvalue weighted by molar-refractivity contribution is -0.131. The highest BCUT2D eigenvalue weighted by molar-refractivity contribution is 5.76. The van der Waals surface area contributed by atoms with Gasteiger partial charge in [-0.15, -0.1) is 0 Å². The van der Waals surface area contributed by atoms with Crippen LogP contribution in [-0.2, 0) is 22.2 Å². The fourth-order valence-corrected chi connectivity index (χ4v) is 6.62. The molecule has 1 aromatic carbocycles.